The molecule has 0 bridgehead atoms. The molecular weight excluding hydrogens is 341 g/mol. The van der Waals surface area contributed by atoms with Gasteiger partial charge in [0.25, 0.3) is 0 Å². The molecule has 0 spiro atoms. The quantitative estimate of drug-likeness (QED) is 0.542. The topological polar surface area (TPSA) is 82.2 Å². The van der Waals surface area contributed by atoms with Gasteiger partial charge in [0.2, 0.25) is 0 Å². The lowest BCUT2D eigenvalue weighted by Gasteiger charge is -2.10. The number of nitrogen functional groups attached to an aromatic ring is 2. The Balaban J connectivity index is 2.38. The Morgan fingerprint density at radius 3 is 2.42 bits per heavy atom. The van der Waals surface area contributed by atoms with Gasteiger partial charge in [-0.15, -0.1) is 11.8 Å². The van der Waals surface area contributed by atoms with E-state index < -0.39 is 34.2 Å². The van der Waals surface area contributed by atoms with Gasteiger partial charge >= 0.3 is 0 Å². The van der Waals surface area contributed by atoms with E-state index >= 15 is 0 Å². The fourth-order valence-electron chi connectivity index (χ4n) is 2.34. The largest absolute Gasteiger partial charge is 0.453 e. The van der Waals surface area contributed by atoms with Crippen molar-refractivity contribution < 1.29 is 17.6 Å². The Hall–Kier alpha value is -2.61. The Morgan fingerprint density at radius 2 is 1.79 bits per heavy atom. The highest BCUT2D eigenvalue weighted by atomic mass is 32.2. The zero-order chi connectivity index (χ0) is 17.6. The maximum Gasteiger partial charge on any atom is 0.195 e. The average molecular weight is 352 g/mol. The SMILES string of the molecule is CSc1c(F)c(N)c2c(=O)cc(-c3ccc(N)c(F)c3)oc2c1F. The Labute approximate surface area is 138 Å². The molecule has 0 amide bonds. The Morgan fingerprint density at radius 1 is 1.08 bits per heavy atom. The summed E-state index contributed by atoms with van der Waals surface area (Å²) in [6.45, 7) is 0. The van der Waals surface area contributed by atoms with E-state index in [1.54, 1.807) is 0 Å². The molecule has 1 heterocycles. The molecule has 0 aliphatic carbocycles. The van der Waals surface area contributed by atoms with Gasteiger partial charge in [-0.05, 0) is 24.5 Å². The standard InChI is InChI=1S/C16H11F3N2O2S/c1-24-16-12(18)14(21)11-9(22)5-10(23-15(11)13(16)19)6-2-3-8(20)7(17)4-6/h2-5H,20-21H2,1H3. The third-order valence-corrected chi connectivity index (χ3v) is 4.31. The number of fused-ring (bicyclic) bond motifs is 1. The molecule has 1 aromatic heterocycles. The number of benzene rings is 2. The first-order chi connectivity index (χ1) is 11.3. The van der Waals surface area contributed by atoms with Crippen molar-refractivity contribution in [2.45, 2.75) is 4.90 Å². The first-order valence-corrected chi connectivity index (χ1v) is 7.91. The summed E-state index contributed by atoms with van der Waals surface area (Å²) in [6.07, 6.45) is 1.46. The summed E-state index contributed by atoms with van der Waals surface area (Å²) in [6, 6.07) is 4.77. The van der Waals surface area contributed by atoms with E-state index in [0.29, 0.717) is 0 Å². The highest BCUT2D eigenvalue weighted by Gasteiger charge is 2.22. The van der Waals surface area contributed by atoms with Crippen molar-refractivity contribution in [3.63, 3.8) is 0 Å². The van der Waals surface area contributed by atoms with Crippen LogP contribution in [0, 0.1) is 17.5 Å². The first-order valence-electron chi connectivity index (χ1n) is 6.68. The summed E-state index contributed by atoms with van der Waals surface area (Å²) in [5, 5.41) is -0.387. The molecule has 2 aromatic carbocycles. The number of thioether (sulfide) groups is 1. The molecule has 8 heteroatoms. The van der Waals surface area contributed by atoms with E-state index in [0.717, 1.165) is 23.9 Å². The van der Waals surface area contributed by atoms with Crippen molar-refractivity contribution in [2.24, 2.45) is 0 Å². The van der Waals surface area contributed by atoms with Crippen LogP contribution < -0.4 is 16.9 Å². The van der Waals surface area contributed by atoms with E-state index in [1.165, 1.54) is 18.4 Å². The van der Waals surface area contributed by atoms with Gasteiger partial charge in [-0.1, -0.05) is 0 Å². The second-order valence-electron chi connectivity index (χ2n) is 4.99. The van der Waals surface area contributed by atoms with Crippen LogP contribution >= 0.6 is 11.8 Å². The van der Waals surface area contributed by atoms with Crippen LogP contribution in [0.15, 0.2) is 38.4 Å². The molecule has 0 unspecified atom stereocenters. The number of nitrogens with two attached hydrogens (primary N) is 2. The van der Waals surface area contributed by atoms with Gasteiger partial charge in [0.15, 0.2) is 22.6 Å². The molecular formula is C16H11F3N2O2S. The number of hydrogen-bond acceptors (Lipinski definition) is 5. The van der Waals surface area contributed by atoms with Gasteiger partial charge in [-0.2, -0.15) is 0 Å². The molecule has 0 aliphatic heterocycles. The molecule has 0 fully saturated rings. The minimum absolute atomic E-state index is 0.0796. The van der Waals surface area contributed by atoms with E-state index in [4.69, 9.17) is 15.9 Å². The zero-order valence-electron chi connectivity index (χ0n) is 12.3. The highest BCUT2D eigenvalue weighted by molar-refractivity contribution is 7.98. The van der Waals surface area contributed by atoms with Crippen LogP contribution in [0.2, 0.25) is 0 Å². The first kappa shape index (κ1) is 16.3. The number of anilines is 2. The van der Waals surface area contributed by atoms with Crippen LogP contribution in [0.4, 0.5) is 24.5 Å². The fraction of sp³-hybridized carbons (Fsp3) is 0.0625. The van der Waals surface area contributed by atoms with Crippen molar-refractivity contribution in [1.82, 2.24) is 0 Å². The maximum absolute atomic E-state index is 14.5. The third-order valence-electron chi connectivity index (χ3n) is 3.54. The second-order valence-corrected chi connectivity index (χ2v) is 5.81. The molecule has 24 heavy (non-hydrogen) atoms. The molecule has 0 atom stereocenters. The summed E-state index contributed by atoms with van der Waals surface area (Å²) in [5.74, 6) is -2.83. The monoisotopic (exact) mass is 352 g/mol. The summed E-state index contributed by atoms with van der Waals surface area (Å²) >= 11 is 0.794. The van der Waals surface area contributed by atoms with Crippen molar-refractivity contribution in [3.05, 3.63) is 51.9 Å². The minimum Gasteiger partial charge on any atom is -0.453 e. The smallest absolute Gasteiger partial charge is 0.195 e. The highest BCUT2D eigenvalue weighted by Crippen LogP contribution is 2.35. The Bertz CT molecular complexity index is 1030. The van der Waals surface area contributed by atoms with Crippen LogP contribution in [-0.4, -0.2) is 6.26 Å². The van der Waals surface area contributed by atoms with Crippen LogP contribution in [0.1, 0.15) is 0 Å². The van der Waals surface area contributed by atoms with Gasteiger partial charge in [0, 0.05) is 11.6 Å². The third kappa shape index (κ3) is 2.39. The van der Waals surface area contributed by atoms with Gasteiger partial charge in [-0.25, -0.2) is 13.2 Å². The normalized spacial score (nSPS) is 11.2. The van der Waals surface area contributed by atoms with E-state index in [1.807, 2.05) is 0 Å². The van der Waals surface area contributed by atoms with Gasteiger partial charge in [0.05, 0.1) is 21.7 Å². The summed E-state index contributed by atoms with van der Waals surface area (Å²) < 4.78 is 47.5. The molecule has 4 nitrogen and oxygen atoms in total. The fourth-order valence-corrected chi connectivity index (χ4v) is 2.90. The van der Waals surface area contributed by atoms with Crippen molar-refractivity contribution in [2.75, 3.05) is 17.7 Å². The minimum atomic E-state index is -1.03. The molecule has 0 saturated heterocycles. The lowest BCUT2D eigenvalue weighted by atomic mass is 10.1. The van der Waals surface area contributed by atoms with E-state index in [9.17, 15) is 18.0 Å². The predicted molar refractivity (Wildman–Crippen MR) is 88.4 cm³/mol. The number of hydrogen-bond donors (Lipinski definition) is 2. The molecule has 0 saturated carbocycles. The van der Waals surface area contributed by atoms with Crippen LogP contribution in [0.5, 0.6) is 0 Å². The molecule has 3 rings (SSSR count). The van der Waals surface area contributed by atoms with Crippen molar-refractivity contribution in [1.29, 1.82) is 0 Å². The summed E-state index contributed by atoms with van der Waals surface area (Å²) in [5.41, 5.74) is 9.42. The Kier molecular flexibility index (Phi) is 3.92. The molecule has 0 radical (unpaired) electrons. The summed E-state index contributed by atoms with van der Waals surface area (Å²) in [4.78, 5) is 11.9. The van der Waals surface area contributed by atoms with Gasteiger partial charge < -0.3 is 15.9 Å². The number of halogens is 3. The van der Waals surface area contributed by atoms with Crippen LogP contribution in [0.25, 0.3) is 22.3 Å². The lowest BCUT2D eigenvalue weighted by molar-refractivity contribution is 0.518. The van der Waals surface area contributed by atoms with E-state index in [-0.39, 0.29) is 27.3 Å². The molecule has 124 valence electrons. The molecule has 4 N–H and O–H groups in total. The second kappa shape index (κ2) is 5.79. The molecule has 0 aliphatic rings. The van der Waals surface area contributed by atoms with Gasteiger partial charge in [0.1, 0.15) is 11.6 Å². The zero-order valence-corrected chi connectivity index (χ0v) is 13.1. The molecule has 3 aromatic rings. The van der Waals surface area contributed by atoms with Crippen LogP contribution in [0.3, 0.4) is 0 Å². The van der Waals surface area contributed by atoms with E-state index in [2.05, 4.69) is 0 Å². The lowest BCUT2D eigenvalue weighted by Crippen LogP contribution is -2.08. The summed E-state index contributed by atoms with van der Waals surface area (Å²) in [7, 11) is 0. The predicted octanol–water partition coefficient (Wildman–Crippen LogP) is 3.76. The van der Waals surface area contributed by atoms with Crippen LogP contribution in [-0.2, 0) is 0 Å². The number of rotatable bonds is 2. The maximum atomic E-state index is 14.5. The van der Waals surface area contributed by atoms with Crippen molar-refractivity contribution in [3.8, 4) is 11.3 Å². The average Bonchev–Trinajstić information content (AvgIpc) is 2.55. The van der Waals surface area contributed by atoms with Gasteiger partial charge in [-0.3, -0.25) is 4.79 Å². The van der Waals surface area contributed by atoms with Crippen molar-refractivity contribution >= 4 is 34.1 Å².